The summed E-state index contributed by atoms with van der Waals surface area (Å²) in [5, 5.41) is 42.5. The molecule has 0 spiro atoms. The van der Waals surface area contributed by atoms with Crippen molar-refractivity contribution in [1.29, 1.82) is 0 Å². The van der Waals surface area contributed by atoms with Crippen LogP contribution in [-0.2, 0) is 6.42 Å². The molecule has 0 bridgehead atoms. The fourth-order valence-corrected chi connectivity index (χ4v) is 6.96. The lowest BCUT2D eigenvalue weighted by Gasteiger charge is -2.39. The molecule has 0 aliphatic carbocycles. The minimum Gasteiger partial charge on any atom is -0.395 e. The zero-order valence-corrected chi connectivity index (χ0v) is 16.3. The standard InChI is InChI=1S/C19H20O4S3/c20-9-14-15(21)16(22)17(23)18(26-14)11-3-1-2-10(6-11)7-13-8-12-4-5-24-19(12)25-13/h1-6,8,14-18,20-23H,7,9H2/t14-,15-,16+,17-,18+/m1/s1. The fraction of sp³-hybridized carbons (Fsp3) is 0.368. The Hall–Kier alpha value is -0.930. The molecule has 3 heterocycles. The van der Waals surface area contributed by atoms with Gasteiger partial charge in [0.05, 0.1) is 33.3 Å². The van der Waals surface area contributed by atoms with Crippen LogP contribution >= 0.6 is 34.4 Å². The minimum absolute atomic E-state index is 0.238. The molecular formula is C19H20O4S3. The highest BCUT2D eigenvalue weighted by Crippen LogP contribution is 2.43. The maximum absolute atomic E-state index is 10.4. The van der Waals surface area contributed by atoms with Crippen LogP contribution in [-0.4, -0.2) is 50.6 Å². The molecule has 0 amide bonds. The van der Waals surface area contributed by atoms with Gasteiger partial charge in [0.2, 0.25) is 0 Å². The average molecular weight is 409 g/mol. The Morgan fingerprint density at radius 2 is 1.81 bits per heavy atom. The van der Waals surface area contributed by atoms with Crippen molar-refractivity contribution in [3.8, 4) is 0 Å². The van der Waals surface area contributed by atoms with E-state index in [1.165, 1.54) is 26.0 Å². The Kier molecular flexibility index (Phi) is 5.38. The van der Waals surface area contributed by atoms with Gasteiger partial charge in [-0.2, -0.15) is 0 Å². The highest BCUT2D eigenvalue weighted by molar-refractivity contribution is 8.00. The van der Waals surface area contributed by atoms with E-state index in [4.69, 9.17) is 0 Å². The van der Waals surface area contributed by atoms with Gasteiger partial charge >= 0.3 is 0 Å². The smallest absolute Gasteiger partial charge is 0.108 e. The van der Waals surface area contributed by atoms with E-state index in [2.05, 4.69) is 23.6 Å². The summed E-state index contributed by atoms with van der Waals surface area (Å²) in [6, 6.07) is 12.3. The van der Waals surface area contributed by atoms with E-state index in [0.29, 0.717) is 0 Å². The van der Waals surface area contributed by atoms with E-state index in [9.17, 15) is 20.4 Å². The number of thioether (sulfide) groups is 1. The maximum atomic E-state index is 10.4. The molecule has 0 unspecified atom stereocenters. The Labute approximate surface area is 163 Å². The molecule has 4 N–H and O–H groups in total. The van der Waals surface area contributed by atoms with Crippen LogP contribution in [0, 0.1) is 0 Å². The number of thiophene rings is 2. The number of fused-ring (bicyclic) bond motifs is 1. The molecule has 1 saturated heterocycles. The van der Waals surface area contributed by atoms with Gasteiger partial charge in [-0.1, -0.05) is 24.3 Å². The first-order chi connectivity index (χ1) is 12.6. The minimum atomic E-state index is -1.26. The van der Waals surface area contributed by atoms with E-state index < -0.39 is 23.6 Å². The second-order valence-corrected chi connectivity index (χ2v) is 10.2. The van der Waals surface area contributed by atoms with E-state index in [1.54, 1.807) is 22.7 Å². The first-order valence-corrected chi connectivity index (χ1v) is 11.1. The van der Waals surface area contributed by atoms with Crippen molar-refractivity contribution < 1.29 is 20.4 Å². The van der Waals surface area contributed by atoms with Crippen molar-refractivity contribution in [1.82, 2.24) is 0 Å². The Bertz CT molecular complexity index is 859. The molecule has 26 heavy (non-hydrogen) atoms. The van der Waals surface area contributed by atoms with E-state index in [-0.39, 0.29) is 11.9 Å². The van der Waals surface area contributed by atoms with Crippen molar-refractivity contribution >= 4 is 43.8 Å². The maximum Gasteiger partial charge on any atom is 0.108 e. The van der Waals surface area contributed by atoms with Crippen LogP contribution in [0.2, 0.25) is 0 Å². The van der Waals surface area contributed by atoms with Crippen LogP contribution in [0.25, 0.3) is 9.40 Å². The molecular weight excluding hydrogens is 388 g/mol. The highest BCUT2D eigenvalue weighted by atomic mass is 32.2. The topological polar surface area (TPSA) is 80.9 Å². The predicted molar refractivity (Wildman–Crippen MR) is 108 cm³/mol. The van der Waals surface area contributed by atoms with Crippen LogP contribution in [0.15, 0.2) is 41.8 Å². The summed E-state index contributed by atoms with van der Waals surface area (Å²) in [6.07, 6.45) is -2.63. The van der Waals surface area contributed by atoms with Gasteiger partial charge in [0, 0.05) is 16.7 Å². The second-order valence-electron chi connectivity index (χ2n) is 6.55. The van der Waals surface area contributed by atoms with Crippen molar-refractivity contribution in [2.45, 2.75) is 35.2 Å². The molecule has 4 nitrogen and oxygen atoms in total. The van der Waals surface area contributed by atoms with Crippen molar-refractivity contribution in [3.05, 3.63) is 57.8 Å². The first kappa shape index (κ1) is 18.4. The van der Waals surface area contributed by atoms with Crippen LogP contribution in [0.3, 0.4) is 0 Å². The van der Waals surface area contributed by atoms with Crippen LogP contribution in [0.5, 0.6) is 0 Å². The van der Waals surface area contributed by atoms with Crippen molar-refractivity contribution in [2.24, 2.45) is 0 Å². The van der Waals surface area contributed by atoms with Gasteiger partial charge in [-0.15, -0.1) is 34.4 Å². The van der Waals surface area contributed by atoms with Crippen LogP contribution in [0.1, 0.15) is 21.3 Å². The van der Waals surface area contributed by atoms with E-state index in [1.807, 2.05) is 18.2 Å². The van der Waals surface area contributed by atoms with E-state index >= 15 is 0 Å². The molecule has 1 aliphatic heterocycles. The molecule has 4 rings (SSSR count). The Balaban J connectivity index is 1.57. The molecule has 0 saturated carbocycles. The number of hydrogen-bond acceptors (Lipinski definition) is 7. The number of benzene rings is 1. The molecule has 1 fully saturated rings. The summed E-state index contributed by atoms with van der Waals surface area (Å²) < 4.78 is 1.33. The average Bonchev–Trinajstić information content (AvgIpc) is 3.22. The Morgan fingerprint density at radius 3 is 2.58 bits per heavy atom. The van der Waals surface area contributed by atoms with Crippen molar-refractivity contribution in [3.63, 3.8) is 0 Å². The van der Waals surface area contributed by atoms with Crippen LogP contribution < -0.4 is 0 Å². The summed E-state index contributed by atoms with van der Waals surface area (Å²) in [4.78, 5) is 1.30. The number of aliphatic hydroxyl groups is 4. The first-order valence-electron chi connectivity index (χ1n) is 8.42. The lowest BCUT2D eigenvalue weighted by molar-refractivity contribution is -0.0700. The number of aliphatic hydroxyl groups excluding tert-OH is 4. The predicted octanol–water partition coefficient (Wildman–Crippen LogP) is 2.79. The SMILES string of the molecule is OC[C@H]1S[C@@H](c2cccc(Cc3cc4ccsc4s3)c2)[C@H](O)[C@@H](O)[C@@H]1O. The molecule has 5 atom stereocenters. The molecule has 0 radical (unpaired) electrons. The van der Waals surface area contributed by atoms with Gasteiger partial charge in [-0.25, -0.2) is 0 Å². The fourth-order valence-electron chi connectivity index (χ4n) is 3.36. The quantitative estimate of drug-likeness (QED) is 0.534. The number of rotatable bonds is 4. The van der Waals surface area contributed by atoms with Crippen LogP contribution in [0.4, 0.5) is 0 Å². The molecule has 2 aromatic heterocycles. The van der Waals surface area contributed by atoms with Gasteiger partial charge in [0.25, 0.3) is 0 Å². The highest BCUT2D eigenvalue weighted by Gasteiger charge is 2.43. The summed E-state index contributed by atoms with van der Waals surface area (Å²) in [5.41, 5.74) is 2.05. The number of hydrogen-bond donors (Lipinski definition) is 4. The molecule has 1 aliphatic rings. The van der Waals surface area contributed by atoms with Gasteiger partial charge in [-0.3, -0.25) is 0 Å². The Morgan fingerprint density at radius 1 is 0.962 bits per heavy atom. The van der Waals surface area contributed by atoms with Gasteiger partial charge in [-0.05, 0) is 28.6 Å². The van der Waals surface area contributed by atoms with Gasteiger partial charge in [0.15, 0.2) is 0 Å². The lowest BCUT2D eigenvalue weighted by Crippen LogP contribution is -2.51. The summed E-state index contributed by atoms with van der Waals surface area (Å²) >= 11 is 4.88. The van der Waals surface area contributed by atoms with Crippen molar-refractivity contribution in [2.75, 3.05) is 6.61 Å². The molecule has 1 aromatic carbocycles. The molecule has 138 valence electrons. The molecule has 7 heteroatoms. The third kappa shape index (κ3) is 3.45. The summed E-state index contributed by atoms with van der Waals surface area (Å²) in [7, 11) is 0. The van der Waals surface area contributed by atoms with E-state index in [0.717, 1.165) is 17.5 Å². The monoisotopic (exact) mass is 408 g/mol. The zero-order valence-electron chi connectivity index (χ0n) is 13.9. The van der Waals surface area contributed by atoms with Gasteiger partial charge < -0.3 is 20.4 Å². The third-order valence-electron chi connectivity index (χ3n) is 4.75. The normalized spacial score (nSPS) is 29.3. The lowest BCUT2D eigenvalue weighted by atomic mass is 9.95. The largest absolute Gasteiger partial charge is 0.395 e. The molecule has 3 aromatic rings. The summed E-state index contributed by atoms with van der Waals surface area (Å²) in [6.45, 7) is -0.238. The van der Waals surface area contributed by atoms with Gasteiger partial charge in [0.1, 0.15) is 6.10 Å². The zero-order chi connectivity index (χ0) is 18.3. The second kappa shape index (κ2) is 7.59. The summed E-state index contributed by atoms with van der Waals surface area (Å²) in [5.74, 6) is 0. The third-order valence-corrected chi connectivity index (χ3v) is 8.58.